The molecule has 0 spiro atoms. The van der Waals surface area contributed by atoms with E-state index in [0.29, 0.717) is 25.6 Å². The first kappa shape index (κ1) is 15.9. The molecule has 2 aromatic rings. The highest BCUT2D eigenvalue weighted by Gasteiger charge is 2.14. The molecular weight excluding hydrogens is 380 g/mol. The molecule has 1 atom stereocenters. The lowest BCUT2D eigenvalue weighted by Crippen LogP contribution is -2.02. The van der Waals surface area contributed by atoms with E-state index in [4.69, 9.17) is 17.3 Å². The van der Waals surface area contributed by atoms with Crippen LogP contribution < -0.4 is 5.73 Å². The summed E-state index contributed by atoms with van der Waals surface area (Å²) in [6.45, 7) is 0. The van der Waals surface area contributed by atoms with Crippen molar-refractivity contribution in [3.63, 3.8) is 0 Å². The highest BCUT2D eigenvalue weighted by atomic mass is 79.9. The number of nitro benzene ring substituents is 1. The molecule has 2 aromatic carbocycles. The van der Waals surface area contributed by atoms with E-state index in [0.717, 1.165) is 0 Å². The highest BCUT2D eigenvalue weighted by molar-refractivity contribution is 9.10. The van der Waals surface area contributed by atoms with Gasteiger partial charge >= 0.3 is 0 Å². The van der Waals surface area contributed by atoms with E-state index in [2.05, 4.69) is 15.9 Å². The Morgan fingerprint density at radius 1 is 1.29 bits per heavy atom. The molecule has 0 amide bonds. The minimum Gasteiger partial charge on any atom is -0.398 e. The molecular formula is C13H10BrClN2O3S. The van der Waals surface area contributed by atoms with Gasteiger partial charge in [-0.25, -0.2) is 0 Å². The van der Waals surface area contributed by atoms with Crippen molar-refractivity contribution in [2.45, 2.75) is 10.6 Å². The number of non-ortho nitro benzene ring substituents is 1. The quantitative estimate of drug-likeness (QED) is 0.488. The molecule has 21 heavy (non-hydrogen) atoms. The Bertz CT molecular complexity index is 739. The molecule has 5 nitrogen and oxygen atoms in total. The summed E-state index contributed by atoms with van der Waals surface area (Å²) in [5, 5.41) is 11.1. The third kappa shape index (κ3) is 3.81. The van der Waals surface area contributed by atoms with Crippen molar-refractivity contribution >= 4 is 49.7 Å². The van der Waals surface area contributed by atoms with Crippen LogP contribution in [0.5, 0.6) is 0 Å². The Balaban J connectivity index is 2.27. The topological polar surface area (TPSA) is 86.2 Å². The summed E-state index contributed by atoms with van der Waals surface area (Å²) in [6.07, 6.45) is 0. The summed E-state index contributed by atoms with van der Waals surface area (Å²) in [5.74, 6) is 0.184. The van der Waals surface area contributed by atoms with Gasteiger partial charge in [-0.15, -0.1) is 0 Å². The van der Waals surface area contributed by atoms with E-state index < -0.39 is 15.7 Å². The van der Waals surface area contributed by atoms with Crippen LogP contribution in [-0.4, -0.2) is 9.13 Å². The normalized spacial score (nSPS) is 12.1. The zero-order chi connectivity index (χ0) is 15.6. The maximum absolute atomic E-state index is 12.4. The van der Waals surface area contributed by atoms with Gasteiger partial charge in [-0.05, 0) is 23.8 Å². The molecule has 0 heterocycles. The number of nitrogens with zero attached hydrogens (tertiary/aromatic N) is 1. The molecule has 0 aliphatic rings. The van der Waals surface area contributed by atoms with Crippen LogP contribution in [-0.2, 0) is 16.6 Å². The molecule has 2 N–H and O–H groups in total. The third-order valence-corrected chi connectivity index (χ3v) is 5.15. The molecule has 8 heteroatoms. The van der Waals surface area contributed by atoms with Gasteiger partial charge in [-0.1, -0.05) is 33.6 Å². The second-order valence-corrected chi connectivity index (χ2v) is 6.92. The maximum atomic E-state index is 12.4. The van der Waals surface area contributed by atoms with Gasteiger partial charge < -0.3 is 5.73 Å². The van der Waals surface area contributed by atoms with Crippen molar-refractivity contribution < 1.29 is 9.13 Å². The van der Waals surface area contributed by atoms with Crippen molar-refractivity contribution in [2.24, 2.45) is 0 Å². The molecule has 0 aromatic heterocycles. The summed E-state index contributed by atoms with van der Waals surface area (Å²) in [7, 11) is -1.39. The average molecular weight is 390 g/mol. The third-order valence-electron chi connectivity index (χ3n) is 2.75. The molecule has 2 rings (SSSR count). The first-order chi connectivity index (χ1) is 9.88. The highest BCUT2D eigenvalue weighted by Crippen LogP contribution is 2.27. The van der Waals surface area contributed by atoms with Gasteiger partial charge in [0.25, 0.3) is 5.69 Å². The minimum absolute atomic E-state index is 0.0290. The van der Waals surface area contributed by atoms with E-state index in [-0.39, 0.29) is 11.4 Å². The van der Waals surface area contributed by atoms with Gasteiger partial charge in [0.15, 0.2) is 0 Å². The van der Waals surface area contributed by atoms with Gasteiger partial charge in [0.05, 0.1) is 26.4 Å². The van der Waals surface area contributed by atoms with Gasteiger partial charge in [-0.2, -0.15) is 0 Å². The summed E-state index contributed by atoms with van der Waals surface area (Å²) in [4.78, 5) is 10.6. The number of nitrogen functional groups attached to an aromatic ring is 1. The summed E-state index contributed by atoms with van der Waals surface area (Å²) < 4.78 is 12.9. The fourth-order valence-electron chi connectivity index (χ4n) is 1.69. The van der Waals surface area contributed by atoms with Crippen molar-refractivity contribution in [1.82, 2.24) is 0 Å². The van der Waals surface area contributed by atoms with Crippen molar-refractivity contribution in [2.75, 3.05) is 5.73 Å². The predicted molar refractivity (Wildman–Crippen MR) is 86.8 cm³/mol. The SMILES string of the molecule is Nc1ccc(Cl)cc1S(=O)Cc1ccc([N+](=O)[O-])cc1Br. The van der Waals surface area contributed by atoms with E-state index >= 15 is 0 Å². The van der Waals surface area contributed by atoms with Crippen molar-refractivity contribution in [3.8, 4) is 0 Å². The van der Waals surface area contributed by atoms with Gasteiger partial charge in [0.2, 0.25) is 0 Å². The fourth-order valence-corrected chi connectivity index (χ4v) is 3.90. The lowest BCUT2D eigenvalue weighted by molar-refractivity contribution is -0.384. The molecule has 110 valence electrons. The number of hydrogen-bond donors (Lipinski definition) is 1. The molecule has 0 aliphatic heterocycles. The Kier molecular flexibility index (Phi) is 4.97. The number of anilines is 1. The summed E-state index contributed by atoms with van der Waals surface area (Å²) in [6, 6.07) is 9.11. The van der Waals surface area contributed by atoms with Gasteiger partial charge in [0, 0.05) is 27.3 Å². The van der Waals surface area contributed by atoms with Crippen LogP contribution in [0.1, 0.15) is 5.56 Å². The second kappa shape index (κ2) is 6.55. The number of benzene rings is 2. The van der Waals surface area contributed by atoms with Crippen LogP contribution >= 0.6 is 27.5 Å². The minimum atomic E-state index is -1.39. The Morgan fingerprint density at radius 2 is 2.00 bits per heavy atom. The van der Waals surface area contributed by atoms with Gasteiger partial charge in [0.1, 0.15) is 0 Å². The van der Waals surface area contributed by atoms with Crippen LogP contribution in [0.3, 0.4) is 0 Å². The molecule has 0 saturated heterocycles. The predicted octanol–water partition coefficient (Wildman–Crippen LogP) is 3.90. The zero-order valence-electron chi connectivity index (χ0n) is 10.6. The van der Waals surface area contributed by atoms with Gasteiger partial charge in [-0.3, -0.25) is 14.3 Å². The van der Waals surface area contributed by atoms with Crippen molar-refractivity contribution in [3.05, 3.63) is 61.6 Å². The van der Waals surface area contributed by atoms with Crippen molar-refractivity contribution in [1.29, 1.82) is 0 Å². The molecule has 0 saturated carbocycles. The van der Waals surface area contributed by atoms with E-state index in [9.17, 15) is 14.3 Å². The number of rotatable bonds is 4. The Hall–Kier alpha value is -1.44. The molecule has 0 fully saturated rings. The van der Waals surface area contributed by atoms with Crippen LogP contribution in [0.25, 0.3) is 0 Å². The van der Waals surface area contributed by atoms with E-state index in [1.165, 1.54) is 12.1 Å². The summed E-state index contributed by atoms with van der Waals surface area (Å²) in [5.41, 5.74) is 6.86. The van der Waals surface area contributed by atoms with Crippen LogP contribution in [0.2, 0.25) is 5.02 Å². The van der Waals surface area contributed by atoms with Crippen LogP contribution in [0.15, 0.2) is 45.8 Å². The standard InChI is InChI=1S/C13H10BrClN2O3S/c14-11-6-10(17(18)19)3-1-8(11)7-21(20)13-5-9(15)2-4-12(13)16/h1-6H,7,16H2. The first-order valence-corrected chi connectivity index (χ1v) is 8.23. The fraction of sp³-hybridized carbons (Fsp3) is 0.0769. The van der Waals surface area contributed by atoms with Crippen LogP contribution in [0, 0.1) is 10.1 Å². The molecule has 1 unspecified atom stereocenters. The lowest BCUT2D eigenvalue weighted by atomic mass is 10.2. The Labute approximate surface area is 136 Å². The maximum Gasteiger partial charge on any atom is 0.270 e. The van der Waals surface area contributed by atoms with E-state index in [1.54, 1.807) is 24.3 Å². The average Bonchev–Trinajstić information content (AvgIpc) is 2.43. The molecule has 0 bridgehead atoms. The smallest absolute Gasteiger partial charge is 0.270 e. The lowest BCUT2D eigenvalue weighted by Gasteiger charge is -2.08. The monoisotopic (exact) mass is 388 g/mol. The summed E-state index contributed by atoms with van der Waals surface area (Å²) >= 11 is 9.13. The Morgan fingerprint density at radius 3 is 2.62 bits per heavy atom. The number of halogens is 2. The largest absolute Gasteiger partial charge is 0.398 e. The zero-order valence-corrected chi connectivity index (χ0v) is 13.7. The number of nitro groups is 1. The van der Waals surface area contributed by atoms with E-state index in [1.807, 2.05) is 0 Å². The van der Waals surface area contributed by atoms with Crippen LogP contribution in [0.4, 0.5) is 11.4 Å². The first-order valence-electron chi connectivity index (χ1n) is 5.74. The second-order valence-electron chi connectivity index (χ2n) is 4.20. The molecule has 0 aliphatic carbocycles. The number of hydrogen-bond acceptors (Lipinski definition) is 4. The number of nitrogens with two attached hydrogens (primary N) is 1. The molecule has 0 radical (unpaired) electrons.